The van der Waals surface area contributed by atoms with Gasteiger partial charge in [-0.05, 0) is 30.7 Å². The molecule has 0 atom stereocenters. The fourth-order valence-electron chi connectivity index (χ4n) is 1.96. The summed E-state index contributed by atoms with van der Waals surface area (Å²) < 4.78 is 0. The number of benzene rings is 2. The molecule has 1 aliphatic rings. The molecular formula is C17H14ClN3. The van der Waals surface area contributed by atoms with Crippen LogP contribution in [0.2, 0.25) is 0 Å². The van der Waals surface area contributed by atoms with Gasteiger partial charge in [0.1, 0.15) is 5.70 Å². The molecular weight excluding hydrogens is 282 g/mol. The molecule has 1 aliphatic heterocycles. The van der Waals surface area contributed by atoms with Crippen LogP contribution < -0.4 is 5.32 Å². The third-order valence-electron chi connectivity index (χ3n) is 3.05. The Kier molecular flexibility index (Phi) is 3.84. The van der Waals surface area contributed by atoms with Gasteiger partial charge >= 0.3 is 0 Å². The summed E-state index contributed by atoms with van der Waals surface area (Å²) in [5, 5.41) is 3.55. The van der Waals surface area contributed by atoms with Crippen molar-refractivity contribution in [3.05, 3.63) is 71.4 Å². The van der Waals surface area contributed by atoms with Gasteiger partial charge in [-0.1, -0.05) is 59.6 Å². The van der Waals surface area contributed by atoms with Gasteiger partial charge in [-0.15, -0.1) is 0 Å². The van der Waals surface area contributed by atoms with Crippen LogP contribution in [0, 0.1) is 6.92 Å². The molecule has 4 heteroatoms. The normalized spacial score (nSPS) is 15.8. The maximum absolute atomic E-state index is 6.14. The van der Waals surface area contributed by atoms with Gasteiger partial charge in [-0.2, -0.15) is 4.99 Å². The molecule has 0 aliphatic carbocycles. The molecule has 2 aromatic carbocycles. The van der Waals surface area contributed by atoms with Crippen LogP contribution in [-0.2, 0) is 0 Å². The van der Waals surface area contributed by atoms with Gasteiger partial charge in [0, 0.05) is 5.69 Å². The molecule has 2 aromatic rings. The van der Waals surface area contributed by atoms with E-state index in [-0.39, 0.29) is 0 Å². The molecule has 1 heterocycles. The minimum absolute atomic E-state index is 0.397. The van der Waals surface area contributed by atoms with Crippen LogP contribution in [0.4, 0.5) is 5.69 Å². The Morgan fingerprint density at radius 1 is 0.952 bits per heavy atom. The van der Waals surface area contributed by atoms with E-state index in [4.69, 9.17) is 11.6 Å². The van der Waals surface area contributed by atoms with E-state index in [1.54, 1.807) is 0 Å². The third-order valence-corrected chi connectivity index (χ3v) is 3.33. The molecule has 0 amide bonds. The SMILES string of the molecule is Cc1ccc(NC2=N/C(=C/c3ccccc3)C(Cl)=N2)cc1. The zero-order chi connectivity index (χ0) is 14.7. The molecule has 0 unspecified atom stereocenters. The highest BCUT2D eigenvalue weighted by Gasteiger charge is 2.14. The lowest BCUT2D eigenvalue weighted by atomic mass is 10.2. The van der Waals surface area contributed by atoms with E-state index in [1.807, 2.05) is 67.6 Å². The van der Waals surface area contributed by atoms with Crippen molar-refractivity contribution in [2.75, 3.05) is 5.32 Å². The Labute approximate surface area is 128 Å². The van der Waals surface area contributed by atoms with Gasteiger partial charge < -0.3 is 5.32 Å². The highest BCUT2D eigenvalue weighted by Crippen LogP contribution is 2.19. The number of nitrogens with zero attached hydrogens (tertiary/aromatic N) is 2. The average Bonchev–Trinajstić information content (AvgIpc) is 2.82. The van der Waals surface area contributed by atoms with E-state index in [0.717, 1.165) is 11.3 Å². The second-order valence-corrected chi connectivity index (χ2v) is 5.13. The number of allylic oxidation sites excluding steroid dienone is 1. The van der Waals surface area contributed by atoms with E-state index in [0.29, 0.717) is 16.8 Å². The number of hydrogen-bond donors (Lipinski definition) is 1. The van der Waals surface area contributed by atoms with Gasteiger partial charge in [0.15, 0.2) is 5.17 Å². The molecule has 0 bridgehead atoms. The van der Waals surface area contributed by atoms with Crippen molar-refractivity contribution in [2.45, 2.75) is 6.92 Å². The monoisotopic (exact) mass is 295 g/mol. The quantitative estimate of drug-likeness (QED) is 0.873. The van der Waals surface area contributed by atoms with E-state index in [1.165, 1.54) is 5.56 Å². The summed E-state index contributed by atoms with van der Waals surface area (Å²) in [5.74, 6) is 0.506. The van der Waals surface area contributed by atoms with Crippen LogP contribution in [0.25, 0.3) is 6.08 Å². The van der Waals surface area contributed by atoms with Gasteiger partial charge in [-0.25, -0.2) is 4.99 Å². The second kappa shape index (κ2) is 5.94. The number of rotatable bonds is 2. The topological polar surface area (TPSA) is 36.8 Å². The highest BCUT2D eigenvalue weighted by atomic mass is 35.5. The lowest BCUT2D eigenvalue weighted by Crippen LogP contribution is -2.06. The van der Waals surface area contributed by atoms with E-state index in [2.05, 4.69) is 15.3 Å². The highest BCUT2D eigenvalue weighted by molar-refractivity contribution is 6.71. The summed E-state index contributed by atoms with van der Waals surface area (Å²) in [6.45, 7) is 2.05. The molecule has 21 heavy (non-hydrogen) atoms. The van der Waals surface area contributed by atoms with Crippen molar-refractivity contribution in [1.82, 2.24) is 0 Å². The summed E-state index contributed by atoms with van der Waals surface area (Å²) in [6, 6.07) is 18.0. The van der Waals surface area contributed by atoms with Crippen molar-refractivity contribution in [2.24, 2.45) is 9.98 Å². The third kappa shape index (κ3) is 3.38. The Balaban J connectivity index is 1.81. The predicted molar refractivity (Wildman–Crippen MR) is 89.9 cm³/mol. The molecule has 0 spiro atoms. The fourth-order valence-corrected chi connectivity index (χ4v) is 2.13. The zero-order valence-corrected chi connectivity index (χ0v) is 12.3. The van der Waals surface area contributed by atoms with Crippen LogP contribution in [-0.4, -0.2) is 11.1 Å². The summed E-state index contributed by atoms with van der Waals surface area (Å²) in [7, 11) is 0. The van der Waals surface area contributed by atoms with Crippen LogP contribution in [0.15, 0.2) is 70.3 Å². The predicted octanol–water partition coefficient (Wildman–Crippen LogP) is 4.45. The van der Waals surface area contributed by atoms with Gasteiger partial charge in [0.2, 0.25) is 5.96 Å². The summed E-state index contributed by atoms with van der Waals surface area (Å²) in [4.78, 5) is 8.65. The van der Waals surface area contributed by atoms with Crippen molar-refractivity contribution in [3.8, 4) is 0 Å². The Morgan fingerprint density at radius 2 is 1.67 bits per heavy atom. The van der Waals surface area contributed by atoms with Gasteiger partial charge in [0.25, 0.3) is 0 Å². The number of aliphatic imine (C=N–C) groups is 2. The Morgan fingerprint density at radius 3 is 2.38 bits per heavy atom. The van der Waals surface area contributed by atoms with Crippen molar-refractivity contribution < 1.29 is 0 Å². The van der Waals surface area contributed by atoms with Crippen molar-refractivity contribution in [3.63, 3.8) is 0 Å². The minimum atomic E-state index is 0.397. The summed E-state index contributed by atoms with van der Waals surface area (Å²) >= 11 is 6.14. The number of anilines is 1. The fraction of sp³-hybridized carbons (Fsp3) is 0.0588. The molecule has 104 valence electrons. The largest absolute Gasteiger partial charge is 0.324 e. The van der Waals surface area contributed by atoms with Gasteiger partial charge in [-0.3, -0.25) is 0 Å². The molecule has 0 radical (unpaired) electrons. The van der Waals surface area contributed by atoms with Crippen molar-refractivity contribution in [1.29, 1.82) is 0 Å². The van der Waals surface area contributed by atoms with E-state index >= 15 is 0 Å². The molecule has 0 fully saturated rings. The number of aryl methyl sites for hydroxylation is 1. The number of hydrogen-bond acceptors (Lipinski definition) is 3. The van der Waals surface area contributed by atoms with Crippen LogP contribution in [0.3, 0.4) is 0 Å². The maximum Gasteiger partial charge on any atom is 0.229 e. The number of nitrogens with one attached hydrogen (secondary N) is 1. The van der Waals surface area contributed by atoms with Crippen LogP contribution in [0.5, 0.6) is 0 Å². The second-order valence-electron chi connectivity index (χ2n) is 4.77. The maximum atomic E-state index is 6.14. The molecule has 1 N–H and O–H groups in total. The standard InChI is InChI=1S/C17H14ClN3/c1-12-7-9-14(10-8-12)19-17-20-15(16(18)21-17)11-13-5-3-2-4-6-13/h2-11H,1H3,(H,19,20)/b15-11+. The van der Waals surface area contributed by atoms with Crippen LogP contribution in [0.1, 0.15) is 11.1 Å². The molecule has 3 nitrogen and oxygen atoms in total. The first kappa shape index (κ1) is 13.6. The first-order chi connectivity index (χ1) is 10.2. The molecule has 3 rings (SSSR count). The lowest BCUT2D eigenvalue weighted by Gasteiger charge is -2.02. The Bertz CT molecular complexity index is 728. The molecule has 0 saturated heterocycles. The van der Waals surface area contributed by atoms with E-state index < -0.39 is 0 Å². The average molecular weight is 296 g/mol. The number of halogens is 1. The lowest BCUT2D eigenvalue weighted by molar-refractivity contribution is 1.44. The first-order valence-electron chi connectivity index (χ1n) is 6.64. The van der Waals surface area contributed by atoms with Crippen molar-refractivity contribution >= 4 is 34.5 Å². The summed E-state index contributed by atoms with van der Waals surface area (Å²) in [5.41, 5.74) is 3.85. The van der Waals surface area contributed by atoms with Gasteiger partial charge in [0.05, 0.1) is 0 Å². The number of guanidine groups is 1. The minimum Gasteiger partial charge on any atom is -0.324 e. The molecule has 0 aromatic heterocycles. The van der Waals surface area contributed by atoms with Crippen LogP contribution >= 0.6 is 11.6 Å². The summed E-state index contributed by atoms with van der Waals surface area (Å²) in [6.07, 6.45) is 1.91. The zero-order valence-electron chi connectivity index (χ0n) is 11.5. The van der Waals surface area contributed by atoms with E-state index in [9.17, 15) is 0 Å². The molecule has 0 saturated carbocycles. The smallest absolute Gasteiger partial charge is 0.229 e. The Hall–Kier alpha value is -2.39. The first-order valence-corrected chi connectivity index (χ1v) is 7.02.